The van der Waals surface area contributed by atoms with E-state index in [1.54, 1.807) is 19.2 Å². The minimum atomic E-state index is -4.93. The number of nitrogens with zero attached hydrogens (tertiary/aromatic N) is 2. The van der Waals surface area contributed by atoms with E-state index >= 15 is 0 Å². The molecule has 2 unspecified atom stereocenters. The van der Waals surface area contributed by atoms with Gasteiger partial charge in [-0.15, -0.1) is 0 Å². The zero-order valence-corrected chi connectivity index (χ0v) is 23.1. The van der Waals surface area contributed by atoms with Crippen molar-refractivity contribution in [1.29, 1.82) is 0 Å². The molecule has 2 aliphatic rings. The first-order valence-electron chi connectivity index (χ1n) is 13.7. The average Bonchev–Trinajstić information content (AvgIpc) is 3.38. The Hall–Kier alpha value is -2.69. The standard InChI is InChI=1S/C30H33F7N2O3/c1-40-20-26-5-4-13-38(26)11-2-3-12-39-14-16-42-28(27(39)22-6-8-25(31)9-7-22)41-15-10-21-17-23(29(32,33)34)19-24(18-21)30(35,36)37/h6-9,17-19,26-28H,4-5,10-16,20H2,1H3/t26-,27?,28?/m0/s1. The number of hydrogen-bond acceptors (Lipinski definition) is 5. The van der Waals surface area contributed by atoms with Gasteiger partial charge in [-0.05, 0) is 67.3 Å². The molecule has 2 aromatic rings. The maximum Gasteiger partial charge on any atom is 0.416 e. The Balaban J connectivity index is 1.46. The third-order valence-electron chi connectivity index (χ3n) is 7.39. The number of benzene rings is 2. The molecule has 3 atom stereocenters. The summed E-state index contributed by atoms with van der Waals surface area (Å²) in [5.74, 6) is 5.98. The van der Waals surface area contributed by atoms with Crippen molar-refractivity contribution in [3.8, 4) is 11.8 Å². The molecule has 2 aromatic carbocycles. The number of rotatable bonds is 9. The van der Waals surface area contributed by atoms with Crippen molar-refractivity contribution >= 4 is 0 Å². The lowest BCUT2D eigenvalue weighted by atomic mass is 10.0. The van der Waals surface area contributed by atoms with Gasteiger partial charge in [0.15, 0.2) is 6.29 Å². The van der Waals surface area contributed by atoms with Crippen LogP contribution in [0.25, 0.3) is 0 Å². The molecule has 4 rings (SSSR count). The van der Waals surface area contributed by atoms with Crippen LogP contribution in [-0.4, -0.2) is 75.2 Å². The summed E-state index contributed by atoms with van der Waals surface area (Å²) in [5, 5.41) is 0. The Labute approximate surface area is 240 Å². The van der Waals surface area contributed by atoms with E-state index in [9.17, 15) is 30.7 Å². The Kier molecular flexibility index (Phi) is 10.9. The van der Waals surface area contributed by atoms with Crippen molar-refractivity contribution in [1.82, 2.24) is 9.80 Å². The molecule has 0 spiro atoms. The zero-order valence-electron chi connectivity index (χ0n) is 23.1. The number of methoxy groups -OCH3 is 1. The second kappa shape index (κ2) is 14.2. The SMILES string of the molecule is COC[C@@H]1CCCN1CC#CCN1CCOC(OCCc2cc(C(F)(F)F)cc(C(F)(F)F)c2)C1c1ccc(F)cc1. The predicted molar refractivity (Wildman–Crippen MR) is 141 cm³/mol. The molecule has 2 saturated heterocycles. The summed E-state index contributed by atoms with van der Waals surface area (Å²) in [6.07, 6.45) is -8.83. The first-order chi connectivity index (χ1) is 20.0. The van der Waals surface area contributed by atoms with Crippen molar-refractivity contribution in [2.75, 3.05) is 53.1 Å². The minimum Gasteiger partial charge on any atom is -0.383 e. The quantitative estimate of drug-likeness (QED) is 0.263. The van der Waals surface area contributed by atoms with E-state index in [1.165, 1.54) is 12.1 Å². The van der Waals surface area contributed by atoms with E-state index < -0.39 is 41.6 Å². The van der Waals surface area contributed by atoms with Gasteiger partial charge in [0.25, 0.3) is 0 Å². The van der Waals surface area contributed by atoms with E-state index in [0.717, 1.165) is 19.4 Å². The summed E-state index contributed by atoms with van der Waals surface area (Å²) < 4.78 is 110. The van der Waals surface area contributed by atoms with Crippen LogP contribution in [0, 0.1) is 17.7 Å². The van der Waals surface area contributed by atoms with Gasteiger partial charge in [0.05, 0.1) is 50.1 Å². The van der Waals surface area contributed by atoms with Crippen molar-refractivity contribution < 1.29 is 44.9 Å². The van der Waals surface area contributed by atoms with Crippen LogP contribution in [0.2, 0.25) is 0 Å². The molecule has 0 amide bonds. The normalized spacial score (nSPS) is 22.2. The monoisotopic (exact) mass is 602 g/mol. The third-order valence-corrected chi connectivity index (χ3v) is 7.39. The summed E-state index contributed by atoms with van der Waals surface area (Å²) in [5.41, 5.74) is -2.24. The molecule has 42 heavy (non-hydrogen) atoms. The van der Waals surface area contributed by atoms with Crippen LogP contribution >= 0.6 is 0 Å². The second-order valence-electron chi connectivity index (χ2n) is 10.3. The van der Waals surface area contributed by atoms with Crippen LogP contribution in [0.15, 0.2) is 42.5 Å². The zero-order chi connectivity index (χ0) is 30.3. The highest BCUT2D eigenvalue weighted by molar-refractivity contribution is 5.33. The van der Waals surface area contributed by atoms with Gasteiger partial charge in [0.2, 0.25) is 0 Å². The number of halogens is 7. The number of alkyl halides is 6. The van der Waals surface area contributed by atoms with Crippen molar-refractivity contribution in [3.05, 3.63) is 70.5 Å². The van der Waals surface area contributed by atoms with Crippen molar-refractivity contribution in [3.63, 3.8) is 0 Å². The topological polar surface area (TPSA) is 34.2 Å². The fourth-order valence-electron chi connectivity index (χ4n) is 5.29. The molecular weight excluding hydrogens is 569 g/mol. The smallest absolute Gasteiger partial charge is 0.383 e. The summed E-state index contributed by atoms with van der Waals surface area (Å²) in [7, 11) is 1.67. The van der Waals surface area contributed by atoms with E-state index in [2.05, 4.69) is 16.7 Å². The first-order valence-corrected chi connectivity index (χ1v) is 13.7. The summed E-state index contributed by atoms with van der Waals surface area (Å²) in [6, 6.07) is 7.08. The molecule has 0 aromatic heterocycles. The van der Waals surface area contributed by atoms with Gasteiger partial charge in [-0.25, -0.2) is 4.39 Å². The largest absolute Gasteiger partial charge is 0.416 e. The Morgan fingerprint density at radius 2 is 1.55 bits per heavy atom. The third kappa shape index (κ3) is 8.67. The Bertz CT molecular complexity index is 1190. The lowest BCUT2D eigenvalue weighted by Gasteiger charge is -2.40. The van der Waals surface area contributed by atoms with Crippen LogP contribution in [0.3, 0.4) is 0 Å². The molecule has 0 saturated carbocycles. The fourth-order valence-corrected chi connectivity index (χ4v) is 5.29. The lowest BCUT2D eigenvalue weighted by molar-refractivity contribution is -0.208. The molecule has 2 fully saturated rings. The summed E-state index contributed by atoms with van der Waals surface area (Å²) >= 11 is 0. The van der Waals surface area contributed by atoms with Gasteiger partial charge in [-0.3, -0.25) is 9.80 Å². The van der Waals surface area contributed by atoms with Gasteiger partial charge in [0, 0.05) is 19.7 Å². The van der Waals surface area contributed by atoms with Gasteiger partial charge in [-0.1, -0.05) is 24.0 Å². The molecule has 5 nitrogen and oxygen atoms in total. The van der Waals surface area contributed by atoms with Gasteiger partial charge >= 0.3 is 12.4 Å². The first kappa shape index (κ1) is 32.2. The molecule has 12 heteroatoms. The Morgan fingerprint density at radius 1 is 0.905 bits per heavy atom. The number of hydrogen-bond donors (Lipinski definition) is 0. The van der Waals surface area contributed by atoms with E-state index in [4.69, 9.17) is 14.2 Å². The van der Waals surface area contributed by atoms with Crippen molar-refractivity contribution in [2.24, 2.45) is 0 Å². The van der Waals surface area contributed by atoms with Crippen molar-refractivity contribution in [2.45, 2.75) is 50.0 Å². The van der Waals surface area contributed by atoms with Gasteiger partial charge in [0.1, 0.15) is 5.82 Å². The lowest BCUT2D eigenvalue weighted by Crippen LogP contribution is -2.46. The molecule has 230 valence electrons. The molecule has 0 radical (unpaired) electrons. The maximum atomic E-state index is 13.7. The average molecular weight is 603 g/mol. The van der Waals surface area contributed by atoms with E-state index in [1.807, 2.05) is 4.90 Å². The summed E-state index contributed by atoms with van der Waals surface area (Å²) in [4.78, 5) is 4.29. The van der Waals surface area contributed by atoms with E-state index in [0.29, 0.717) is 50.0 Å². The maximum absolute atomic E-state index is 13.7. The highest BCUT2D eigenvalue weighted by Gasteiger charge is 2.37. The molecule has 2 heterocycles. The van der Waals surface area contributed by atoms with Crippen LogP contribution in [0.5, 0.6) is 0 Å². The van der Waals surface area contributed by atoms with Gasteiger partial charge in [-0.2, -0.15) is 26.3 Å². The minimum absolute atomic E-state index is 0.0968. The second-order valence-corrected chi connectivity index (χ2v) is 10.3. The summed E-state index contributed by atoms with van der Waals surface area (Å²) in [6.45, 7) is 3.12. The molecule has 0 bridgehead atoms. The van der Waals surface area contributed by atoms with E-state index in [-0.39, 0.29) is 31.3 Å². The van der Waals surface area contributed by atoms with Crippen LogP contribution in [0.4, 0.5) is 30.7 Å². The number of likely N-dealkylation sites (tertiary alicyclic amines) is 1. The highest BCUT2D eigenvalue weighted by Crippen LogP contribution is 2.37. The number of ether oxygens (including phenoxy) is 3. The molecule has 0 N–H and O–H groups in total. The number of morpholine rings is 1. The van der Waals surface area contributed by atoms with Crippen LogP contribution in [0.1, 0.15) is 41.1 Å². The van der Waals surface area contributed by atoms with Crippen LogP contribution in [-0.2, 0) is 33.0 Å². The highest BCUT2D eigenvalue weighted by atomic mass is 19.4. The van der Waals surface area contributed by atoms with Crippen LogP contribution < -0.4 is 0 Å². The predicted octanol–water partition coefficient (Wildman–Crippen LogP) is 5.94. The molecular formula is C30H33F7N2O3. The van der Waals surface area contributed by atoms with Gasteiger partial charge < -0.3 is 14.2 Å². The molecule has 2 aliphatic heterocycles. The Morgan fingerprint density at radius 3 is 2.17 bits per heavy atom. The fraction of sp³-hybridized carbons (Fsp3) is 0.533. The molecule has 0 aliphatic carbocycles.